The van der Waals surface area contributed by atoms with Crippen molar-refractivity contribution in [2.75, 3.05) is 7.05 Å². The van der Waals surface area contributed by atoms with Gasteiger partial charge in [-0.05, 0) is 27.3 Å². The van der Waals surface area contributed by atoms with Gasteiger partial charge in [-0.1, -0.05) is 13.8 Å². The highest BCUT2D eigenvalue weighted by atomic mass is 16.1. The Bertz CT molecular complexity index is 146. The van der Waals surface area contributed by atoms with Crippen LogP contribution >= 0.6 is 0 Å². The van der Waals surface area contributed by atoms with Gasteiger partial charge in [0.1, 0.15) is 12.1 Å². The highest BCUT2D eigenvalue weighted by Crippen LogP contribution is 1.91. The van der Waals surface area contributed by atoms with Crippen LogP contribution in [0.25, 0.3) is 0 Å². The number of rotatable bonds is 4. The first-order valence-corrected chi connectivity index (χ1v) is 4.62. The molecule has 3 heteroatoms. The van der Waals surface area contributed by atoms with Crippen molar-refractivity contribution in [2.45, 2.75) is 40.2 Å². The van der Waals surface area contributed by atoms with Gasteiger partial charge in [-0.15, -0.1) is 0 Å². The molecule has 0 aliphatic rings. The predicted molar refractivity (Wildman–Crippen MR) is 54.7 cm³/mol. The third-order valence-corrected chi connectivity index (χ3v) is 1.92. The molecule has 0 bridgehead atoms. The fourth-order valence-corrected chi connectivity index (χ4v) is 0.299. The van der Waals surface area contributed by atoms with Crippen LogP contribution in [-0.2, 0) is 9.59 Å². The van der Waals surface area contributed by atoms with Gasteiger partial charge in [0.25, 0.3) is 0 Å². The third-order valence-electron chi connectivity index (χ3n) is 1.92. The molecule has 78 valence electrons. The van der Waals surface area contributed by atoms with Crippen LogP contribution in [0.1, 0.15) is 34.1 Å². The van der Waals surface area contributed by atoms with E-state index < -0.39 is 0 Å². The molecule has 0 aromatic carbocycles. The van der Waals surface area contributed by atoms with Crippen molar-refractivity contribution in [3.8, 4) is 0 Å². The quantitative estimate of drug-likeness (QED) is 0.677. The normalized spacial score (nSPS) is 13.6. The highest BCUT2D eigenvalue weighted by Gasteiger charge is 2.00. The lowest BCUT2D eigenvalue weighted by molar-refractivity contribution is -0.118. The maximum atomic E-state index is 10.3. The average molecular weight is 187 g/mol. The number of ketones is 1. The molecule has 0 rings (SSSR count). The fraction of sp³-hybridized carbons (Fsp3) is 0.800. The second-order valence-corrected chi connectivity index (χ2v) is 3.14. The summed E-state index contributed by atoms with van der Waals surface area (Å²) in [6, 6.07) is 0.0139. The van der Waals surface area contributed by atoms with E-state index in [9.17, 15) is 9.59 Å². The van der Waals surface area contributed by atoms with Crippen LogP contribution in [0.2, 0.25) is 0 Å². The number of hydrogen-bond donors (Lipinski definition) is 1. The molecule has 0 heterocycles. The lowest BCUT2D eigenvalue weighted by Gasteiger charge is -2.01. The first kappa shape index (κ1) is 14.8. The number of Topliss-reactive ketones (excluding diaryl/α,β-unsaturated/α-hetero) is 1. The minimum Gasteiger partial charge on any atom is -0.311 e. The Labute approximate surface area is 80.9 Å². The summed E-state index contributed by atoms with van der Waals surface area (Å²) in [5.74, 6) is 0.438. The van der Waals surface area contributed by atoms with Crippen molar-refractivity contribution in [3.63, 3.8) is 0 Å². The molecule has 0 saturated carbocycles. The summed E-state index contributed by atoms with van der Waals surface area (Å²) in [5.41, 5.74) is 0. The van der Waals surface area contributed by atoms with Crippen LogP contribution in [0.5, 0.6) is 0 Å². The number of carbonyl (C=O) groups is 2. The number of nitrogens with one attached hydrogen (secondary N) is 1. The van der Waals surface area contributed by atoms with Gasteiger partial charge in [0.2, 0.25) is 0 Å². The molecule has 2 unspecified atom stereocenters. The zero-order valence-electron chi connectivity index (χ0n) is 9.26. The molecule has 0 aromatic heterocycles. The average Bonchev–Trinajstić information content (AvgIpc) is 2.16. The standard InChI is InChI=1S/C5H11NO.C5H10O/c1-4(6-3)5(2)7;1-3-5(2)4-6/h4,6H,1-3H3;4-5H,3H2,1-2H3. The Morgan fingerprint density at radius 1 is 1.46 bits per heavy atom. The highest BCUT2D eigenvalue weighted by molar-refractivity contribution is 5.80. The van der Waals surface area contributed by atoms with E-state index in [1.807, 2.05) is 20.8 Å². The minimum atomic E-state index is 0.0139. The lowest BCUT2D eigenvalue weighted by Crippen LogP contribution is -2.28. The summed E-state index contributed by atoms with van der Waals surface area (Å²) in [5, 5.41) is 2.81. The number of likely N-dealkylation sites (N-methyl/N-ethyl adjacent to an activating group) is 1. The van der Waals surface area contributed by atoms with E-state index in [1.165, 1.54) is 0 Å². The maximum Gasteiger partial charge on any atom is 0.146 e. The van der Waals surface area contributed by atoms with Crippen LogP contribution in [0.15, 0.2) is 0 Å². The Morgan fingerprint density at radius 3 is 1.92 bits per heavy atom. The zero-order valence-corrected chi connectivity index (χ0v) is 9.26. The van der Waals surface area contributed by atoms with Crippen LogP contribution in [0.4, 0.5) is 0 Å². The van der Waals surface area contributed by atoms with Gasteiger partial charge in [0.05, 0.1) is 6.04 Å². The molecule has 0 amide bonds. The molecule has 2 atom stereocenters. The number of hydrogen-bond acceptors (Lipinski definition) is 3. The van der Waals surface area contributed by atoms with E-state index >= 15 is 0 Å². The Balaban J connectivity index is 0. The van der Waals surface area contributed by atoms with E-state index in [0.717, 1.165) is 12.7 Å². The Morgan fingerprint density at radius 2 is 1.92 bits per heavy atom. The number of carbonyl (C=O) groups excluding carboxylic acids is 2. The minimum absolute atomic E-state index is 0.0139. The molecule has 0 spiro atoms. The van der Waals surface area contributed by atoms with Gasteiger partial charge >= 0.3 is 0 Å². The summed E-state index contributed by atoms with van der Waals surface area (Å²) in [7, 11) is 1.77. The summed E-state index contributed by atoms with van der Waals surface area (Å²) >= 11 is 0. The molecular weight excluding hydrogens is 166 g/mol. The molecule has 13 heavy (non-hydrogen) atoms. The van der Waals surface area contributed by atoms with Gasteiger partial charge in [-0.2, -0.15) is 0 Å². The van der Waals surface area contributed by atoms with Crippen molar-refractivity contribution in [1.82, 2.24) is 5.32 Å². The van der Waals surface area contributed by atoms with Gasteiger partial charge < -0.3 is 10.1 Å². The second kappa shape index (κ2) is 9.39. The maximum absolute atomic E-state index is 10.3. The zero-order chi connectivity index (χ0) is 10.9. The van der Waals surface area contributed by atoms with Crippen molar-refractivity contribution in [1.29, 1.82) is 0 Å². The monoisotopic (exact) mass is 187 g/mol. The molecule has 0 fully saturated rings. The van der Waals surface area contributed by atoms with E-state index in [4.69, 9.17) is 0 Å². The van der Waals surface area contributed by atoms with Gasteiger partial charge in [-0.3, -0.25) is 4.79 Å². The molecular formula is C10H21NO2. The Hall–Kier alpha value is -0.700. The van der Waals surface area contributed by atoms with Crippen LogP contribution in [0.3, 0.4) is 0 Å². The molecule has 0 aromatic rings. The predicted octanol–water partition coefficient (Wildman–Crippen LogP) is 1.41. The van der Waals surface area contributed by atoms with Gasteiger partial charge in [0.15, 0.2) is 0 Å². The summed E-state index contributed by atoms with van der Waals surface area (Å²) < 4.78 is 0. The Kier molecular flexibility index (Phi) is 10.7. The largest absolute Gasteiger partial charge is 0.311 e. The third kappa shape index (κ3) is 11.3. The topological polar surface area (TPSA) is 46.2 Å². The van der Waals surface area contributed by atoms with E-state index in [1.54, 1.807) is 14.0 Å². The van der Waals surface area contributed by atoms with E-state index in [-0.39, 0.29) is 17.7 Å². The molecule has 0 aliphatic carbocycles. The SMILES string of the molecule is CCC(C)C=O.CNC(C)C(C)=O. The second-order valence-electron chi connectivity index (χ2n) is 3.14. The summed E-state index contributed by atoms with van der Waals surface area (Å²) in [6.07, 6.45) is 1.93. The molecule has 1 N–H and O–H groups in total. The van der Waals surface area contributed by atoms with Gasteiger partial charge in [0, 0.05) is 5.92 Å². The molecule has 0 aliphatic heterocycles. The van der Waals surface area contributed by atoms with Crippen LogP contribution in [0, 0.1) is 5.92 Å². The van der Waals surface area contributed by atoms with Crippen molar-refractivity contribution in [2.24, 2.45) is 5.92 Å². The fourth-order valence-electron chi connectivity index (χ4n) is 0.299. The smallest absolute Gasteiger partial charge is 0.146 e. The lowest BCUT2D eigenvalue weighted by atomic mass is 10.2. The number of aldehydes is 1. The van der Waals surface area contributed by atoms with Crippen LogP contribution < -0.4 is 5.32 Å². The van der Waals surface area contributed by atoms with Gasteiger partial charge in [-0.25, -0.2) is 0 Å². The van der Waals surface area contributed by atoms with E-state index in [2.05, 4.69) is 5.32 Å². The molecule has 3 nitrogen and oxygen atoms in total. The summed E-state index contributed by atoms with van der Waals surface area (Å²) in [6.45, 7) is 7.32. The molecule has 0 saturated heterocycles. The van der Waals surface area contributed by atoms with Crippen molar-refractivity contribution < 1.29 is 9.59 Å². The first-order valence-electron chi connectivity index (χ1n) is 4.62. The first-order chi connectivity index (χ1) is 5.99. The summed E-state index contributed by atoms with van der Waals surface area (Å²) in [4.78, 5) is 20.0. The van der Waals surface area contributed by atoms with Crippen LogP contribution in [-0.4, -0.2) is 25.2 Å². The van der Waals surface area contributed by atoms with E-state index in [0.29, 0.717) is 0 Å². The van der Waals surface area contributed by atoms with Crippen molar-refractivity contribution >= 4 is 12.1 Å². The van der Waals surface area contributed by atoms with Crippen molar-refractivity contribution in [3.05, 3.63) is 0 Å². The molecule has 0 radical (unpaired) electrons.